The molecule has 0 saturated carbocycles. The molecule has 0 atom stereocenters. The van der Waals surface area contributed by atoms with Crippen LogP contribution < -0.4 is 0 Å². The molecule has 2 rings (SSSR count). The summed E-state index contributed by atoms with van der Waals surface area (Å²) >= 11 is 1.79. The first-order valence-electron chi connectivity index (χ1n) is 13.0. The molecule has 0 saturated heterocycles. The number of unbranched alkanes of at least 4 members (excludes halogenated alkanes) is 9. The predicted molar refractivity (Wildman–Crippen MR) is 157 cm³/mol. The van der Waals surface area contributed by atoms with Crippen LogP contribution in [0.5, 0.6) is 0 Å². The average molecular weight is 562 g/mol. The Hall–Kier alpha value is 0.257. The maximum Gasteiger partial charge on any atom is 0.500 e. The van der Waals surface area contributed by atoms with E-state index in [9.17, 15) is 0 Å². The molecule has 0 aliphatic carbocycles. The van der Waals surface area contributed by atoms with Gasteiger partial charge in [-0.15, -0.1) is 11.3 Å². The maximum atomic E-state index is 5.94. The molecule has 1 aromatic carbocycles. The SMILES string of the molecule is CCO[Si](CCCCCCCCCCCCSSSc1nc2ccccc2s1)(OCC)OCC. The van der Waals surface area contributed by atoms with Crippen molar-refractivity contribution in [2.75, 3.05) is 25.6 Å². The molecule has 0 fully saturated rings. The summed E-state index contributed by atoms with van der Waals surface area (Å²) in [6.07, 6.45) is 13.3. The average Bonchev–Trinajstić information content (AvgIpc) is 3.25. The number of hydrogen-bond acceptors (Lipinski definition) is 8. The monoisotopic (exact) mass is 561 g/mol. The molecule has 0 radical (unpaired) electrons. The second-order valence-electron chi connectivity index (χ2n) is 8.19. The fourth-order valence-corrected chi connectivity index (χ4v) is 11.9. The Morgan fingerprint density at radius 2 is 1.32 bits per heavy atom. The lowest BCUT2D eigenvalue weighted by Gasteiger charge is -2.28. The van der Waals surface area contributed by atoms with Gasteiger partial charge in [-0.2, -0.15) is 0 Å². The molecule has 9 heteroatoms. The quantitative estimate of drug-likeness (QED) is 0.0805. The van der Waals surface area contributed by atoms with Gasteiger partial charge in [0.25, 0.3) is 0 Å². The van der Waals surface area contributed by atoms with E-state index >= 15 is 0 Å². The van der Waals surface area contributed by atoms with Crippen LogP contribution in [0.4, 0.5) is 0 Å². The number of benzene rings is 1. The second kappa shape index (κ2) is 19.4. The molecule has 0 spiro atoms. The molecule has 1 aromatic heterocycles. The van der Waals surface area contributed by atoms with Crippen molar-refractivity contribution in [3.8, 4) is 0 Å². The van der Waals surface area contributed by atoms with E-state index in [-0.39, 0.29) is 0 Å². The van der Waals surface area contributed by atoms with Crippen LogP contribution in [-0.4, -0.2) is 39.4 Å². The van der Waals surface area contributed by atoms with E-state index in [1.54, 1.807) is 22.1 Å². The van der Waals surface area contributed by atoms with Gasteiger partial charge in [-0.3, -0.25) is 0 Å². The van der Waals surface area contributed by atoms with Gasteiger partial charge in [0, 0.05) is 31.6 Å². The van der Waals surface area contributed by atoms with Crippen molar-refractivity contribution < 1.29 is 13.3 Å². The molecule has 2 aromatic rings. The fraction of sp³-hybridized carbons (Fsp3) is 0.720. The van der Waals surface area contributed by atoms with Crippen LogP contribution in [0.2, 0.25) is 6.04 Å². The standard InChI is InChI=1S/C25H43NO3S4Si/c1-4-27-34(28-5-2,29-6-3)22-18-14-12-10-8-7-9-11-13-17-21-30-33-32-25-26-23-19-15-16-20-24(23)31-25/h15-16,19-20H,4-14,17-18,21-22H2,1-3H3. The Morgan fingerprint density at radius 3 is 1.91 bits per heavy atom. The van der Waals surface area contributed by atoms with E-state index in [4.69, 9.17) is 13.3 Å². The van der Waals surface area contributed by atoms with Crippen LogP contribution in [0.3, 0.4) is 0 Å². The molecule has 0 aliphatic heterocycles. The summed E-state index contributed by atoms with van der Waals surface area (Å²) < 4.78 is 20.3. The van der Waals surface area contributed by atoms with Gasteiger partial charge in [-0.25, -0.2) is 4.98 Å². The number of hydrogen-bond donors (Lipinski definition) is 0. The summed E-state index contributed by atoms with van der Waals surface area (Å²) in [6.45, 7) is 8.11. The van der Waals surface area contributed by atoms with E-state index in [0.717, 1.165) is 22.3 Å². The Kier molecular flexibility index (Phi) is 17.4. The minimum atomic E-state index is -2.43. The largest absolute Gasteiger partial charge is 0.500 e. The molecule has 0 bridgehead atoms. The highest BCUT2D eigenvalue weighted by Gasteiger charge is 2.39. The molecule has 0 N–H and O–H groups in total. The van der Waals surface area contributed by atoms with Gasteiger partial charge < -0.3 is 13.3 Å². The van der Waals surface area contributed by atoms with Gasteiger partial charge in [-0.05, 0) is 66.4 Å². The summed E-state index contributed by atoms with van der Waals surface area (Å²) in [7, 11) is 3.22. The molecule has 34 heavy (non-hydrogen) atoms. The van der Waals surface area contributed by atoms with Crippen molar-refractivity contribution in [1.82, 2.24) is 4.98 Å². The highest BCUT2D eigenvalue weighted by molar-refractivity contribution is 9.09. The minimum Gasteiger partial charge on any atom is -0.374 e. The zero-order valence-corrected chi connectivity index (χ0v) is 25.5. The maximum absolute atomic E-state index is 5.94. The minimum absolute atomic E-state index is 0.673. The number of nitrogens with zero attached hydrogens (tertiary/aromatic N) is 1. The topological polar surface area (TPSA) is 40.6 Å². The summed E-state index contributed by atoms with van der Waals surface area (Å²) in [5.41, 5.74) is 1.12. The molecule has 0 amide bonds. The van der Waals surface area contributed by atoms with Crippen LogP contribution in [0.1, 0.15) is 85.0 Å². The Balaban J connectivity index is 1.37. The van der Waals surface area contributed by atoms with Crippen molar-refractivity contribution in [2.24, 2.45) is 0 Å². The molecular weight excluding hydrogens is 519 g/mol. The van der Waals surface area contributed by atoms with Crippen LogP contribution in [0, 0.1) is 0 Å². The molecule has 0 unspecified atom stereocenters. The van der Waals surface area contributed by atoms with Crippen LogP contribution in [0.15, 0.2) is 28.6 Å². The number of para-hydroxylation sites is 1. The van der Waals surface area contributed by atoms with Crippen molar-refractivity contribution in [3.05, 3.63) is 24.3 Å². The van der Waals surface area contributed by atoms with Crippen molar-refractivity contribution in [1.29, 1.82) is 0 Å². The van der Waals surface area contributed by atoms with Crippen molar-refractivity contribution in [3.63, 3.8) is 0 Å². The van der Waals surface area contributed by atoms with Crippen molar-refractivity contribution in [2.45, 2.75) is 95.4 Å². The summed E-state index contributed by atoms with van der Waals surface area (Å²) in [4.78, 5) is 4.68. The van der Waals surface area contributed by atoms with E-state index in [0.29, 0.717) is 19.8 Å². The van der Waals surface area contributed by atoms with Gasteiger partial charge in [0.2, 0.25) is 0 Å². The van der Waals surface area contributed by atoms with Crippen LogP contribution in [-0.2, 0) is 13.3 Å². The number of fused-ring (bicyclic) bond motifs is 1. The first kappa shape index (κ1) is 30.5. The van der Waals surface area contributed by atoms with Crippen molar-refractivity contribution >= 4 is 61.8 Å². The van der Waals surface area contributed by atoms with E-state index in [2.05, 4.69) is 29.2 Å². The lowest BCUT2D eigenvalue weighted by molar-refractivity contribution is 0.0706. The molecular formula is C25H43NO3S4Si. The lowest BCUT2D eigenvalue weighted by atomic mass is 10.1. The normalized spacial score (nSPS) is 12.1. The third-order valence-corrected chi connectivity index (χ3v) is 14.1. The Morgan fingerprint density at radius 1 is 0.765 bits per heavy atom. The second-order valence-corrected chi connectivity index (χ2v) is 16.4. The lowest BCUT2D eigenvalue weighted by Crippen LogP contribution is -2.45. The van der Waals surface area contributed by atoms with Gasteiger partial charge in [0.1, 0.15) is 0 Å². The summed E-state index contributed by atoms with van der Waals surface area (Å²) in [5.74, 6) is 1.23. The first-order valence-corrected chi connectivity index (χ1v) is 19.4. The number of thiazole rings is 1. The third kappa shape index (κ3) is 12.5. The Bertz CT molecular complexity index is 715. The number of rotatable bonds is 22. The van der Waals surface area contributed by atoms with E-state index in [1.807, 2.05) is 41.4 Å². The van der Waals surface area contributed by atoms with Gasteiger partial charge in [-0.1, -0.05) is 74.3 Å². The molecule has 194 valence electrons. The van der Waals surface area contributed by atoms with Crippen LogP contribution in [0.25, 0.3) is 10.2 Å². The van der Waals surface area contributed by atoms with Crippen LogP contribution >= 0.6 is 42.8 Å². The smallest absolute Gasteiger partial charge is 0.374 e. The third-order valence-electron chi connectivity index (χ3n) is 5.48. The highest BCUT2D eigenvalue weighted by Crippen LogP contribution is 2.43. The predicted octanol–water partition coefficient (Wildman–Crippen LogP) is 9.63. The molecule has 4 nitrogen and oxygen atoms in total. The Labute approximate surface area is 224 Å². The zero-order valence-electron chi connectivity index (χ0n) is 21.2. The molecule has 1 heterocycles. The number of aromatic nitrogens is 1. The first-order chi connectivity index (χ1) is 16.7. The highest BCUT2D eigenvalue weighted by atomic mass is 33.5. The van der Waals surface area contributed by atoms with Gasteiger partial charge in [0.15, 0.2) is 4.34 Å². The van der Waals surface area contributed by atoms with Gasteiger partial charge >= 0.3 is 8.80 Å². The fourth-order valence-electron chi connectivity index (χ4n) is 3.89. The summed E-state index contributed by atoms with van der Waals surface area (Å²) in [5, 5.41) is 0. The zero-order chi connectivity index (χ0) is 24.3. The van der Waals surface area contributed by atoms with Gasteiger partial charge in [0.05, 0.1) is 10.2 Å². The van der Waals surface area contributed by atoms with E-state index < -0.39 is 8.80 Å². The summed E-state index contributed by atoms with van der Waals surface area (Å²) in [6, 6.07) is 9.34. The van der Waals surface area contributed by atoms with E-state index in [1.165, 1.54) is 68.2 Å². The molecule has 0 aliphatic rings.